The third kappa shape index (κ3) is 2.82. The summed E-state index contributed by atoms with van der Waals surface area (Å²) in [7, 11) is 0. The SMILES string of the molecule is NC1(C(=O)Nc2c(Br)cc(Br)cc2C(=O)O)CCC1. The summed E-state index contributed by atoms with van der Waals surface area (Å²) in [6, 6.07) is 3.11. The molecule has 1 saturated carbocycles. The van der Waals surface area contributed by atoms with Crippen molar-refractivity contribution in [1.29, 1.82) is 0 Å². The maximum atomic E-state index is 12.1. The molecule has 2 rings (SSSR count). The van der Waals surface area contributed by atoms with Crippen molar-refractivity contribution in [2.24, 2.45) is 5.73 Å². The molecule has 0 heterocycles. The predicted octanol–water partition coefficient (Wildman–Crippen LogP) is 2.73. The largest absolute Gasteiger partial charge is 0.478 e. The van der Waals surface area contributed by atoms with Crippen LogP contribution in [0.5, 0.6) is 0 Å². The summed E-state index contributed by atoms with van der Waals surface area (Å²) in [6.07, 6.45) is 2.15. The zero-order chi connectivity index (χ0) is 14.2. The molecule has 0 aromatic heterocycles. The number of carboxylic acids is 1. The van der Waals surface area contributed by atoms with E-state index in [9.17, 15) is 14.7 Å². The molecule has 1 aliphatic rings. The van der Waals surface area contributed by atoms with Gasteiger partial charge in [0.25, 0.3) is 0 Å². The Kier molecular flexibility index (Phi) is 3.98. The Morgan fingerprint density at radius 1 is 1.32 bits per heavy atom. The van der Waals surface area contributed by atoms with Crippen LogP contribution in [0.3, 0.4) is 0 Å². The van der Waals surface area contributed by atoms with Gasteiger partial charge in [-0.1, -0.05) is 15.9 Å². The summed E-state index contributed by atoms with van der Waals surface area (Å²) in [5, 5.41) is 11.8. The number of benzene rings is 1. The number of nitrogens with two attached hydrogens (primary N) is 1. The van der Waals surface area contributed by atoms with E-state index in [1.165, 1.54) is 6.07 Å². The van der Waals surface area contributed by atoms with E-state index < -0.39 is 11.5 Å². The van der Waals surface area contributed by atoms with E-state index in [4.69, 9.17) is 5.73 Å². The van der Waals surface area contributed by atoms with Crippen molar-refractivity contribution in [2.75, 3.05) is 5.32 Å². The van der Waals surface area contributed by atoms with Gasteiger partial charge in [-0.05, 0) is 47.3 Å². The highest BCUT2D eigenvalue weighted by molar-refractivity contribution is 9.11. The molecular weight excluding hydrogens is 380 g/mol. The molecular formula is C12H12Br2N2O3. The Balaban J connectivity index is 2.34. The van der Waals surface area contributed by atoms with Crippen molar-refractivity contribution in [3.8, 4) is 0 Å². The maximum absolute atomic E-state index is 12.1. The van der Waals surface area contributed by atoms with Gasteiger partial charge in [-0.15, -0.1) is 0 Å². The van der Waals surface area contributed by atoms with Crippen LogP contribution in [0.1, 0.15) is 29.6 Å². The number of amides is 1. The van der Waals surface area contributed by atoms with Crippen LogP contribution in [-0.2, 0) is 4.79 Å². The van der Waals surface area contributed by atoms with Crippen molar-refractivity contribution in [2.45, 2.75) is 24.8 Å². The second-order valence-electron chi connectivity index (χ2n) is 4.58. The first kappa shape index (κ1) is 14.5. The number of carboxylic acid groups (broad SMARTS) is 1. The van der Waals surface area contributed by atoms with Crippen LogP contribution in [0.4, 0.5) is 5.69 Å². The van der Waals surface area contributed by atoms with E-state index >= 15 is 0 Å². The van der Waals surface area contributed by atoms with Crippen LogP contribution in [0, 0.1) is 0 Å². The fourth-order valence-corrected chi connectivity index (χ4v) is 3.22. The molecule has 1 aromatic rings. The molecule has 0 spiro atoms. The quantitative estimate of drug-likeness (QED) is 0.738. The van der Waals surface area contributed by atoms with Gasteiger partial charge in [-0.25, -0.2) is 4.79 Å². The molecule has 1 aliphatic carbocycles. The smallest absolute Gasteiger partial charge is 0.337 e. The molecule has 7 heteroatoms. The Hall–Kier alpha value is -0.920. The number of hydrogen-bond donors (Lipinski definition) is 3. The summed E-state index contributed by atoms with van der Waals surface area (Å²) in [6.45, 7) is 0. The third-order valence-electron chi connectivity index (χ3n) is 3.22. The van der Waals surface area contributed by atoms with Crippen molar-refractivity contribution in [3.05, 3.63) is 26.6 Å². The highest BCUT2D eigenvalue weighted by Crippen LogP contribution is 2.34. The minimum absolute atomic E-state index is 0.0116. The van der Waals surface area contributed by atoms with Gasteiger partial charge in [-0.2, -0.15) is 0 Å². The summed E-state index contributed by atoms with van der Waals surface area (Å²) in [5.41, 5.74) is 5.29. The monoisotopic (exact) mass is 390 g/mol. The lowest BCUT2D eigenvalue weighted by molar-refractivity contribution is -0.123. The fourth-order valence-electron chi connectivity index (χ4n) is 1.89. The topological polar surface area (TPSA) is 92.4 Å². The summed E-state index contributed by atoms with van der Waals surface area (Å²) >= 11 is 6.47. The molecule has 19 heavy (non-hydrogen) atoms. The Bertz CT molecular complexity index is 556. The molecule has 1 amide bonds. The zero-order valence-electron chi connectivity index (χ0n) is 9.87. The Morgan fingerprint density at radius 2 is 1.95 bits per heavy atom. The number of carbonyl (C=O) groups is 2. The number of hydrogen-bond acceptors (Lipinski definition) is 3. The van der Waals surface area contributed by atoms with Crippen LogP contribution in [-0.4, -0.2) is 22.5 Å². The van der Waals surface area contributed by atoms with E-state index in [1.54, 1.807) is 6.07 Å². The second kappa shape index (κ2) is 5.22. The second-order valence-corrected chi connectivity index (χ2v) is 6.35. The Morgan fingerprint density at radius 3 is 2.42 bits per heavy atom. The van der Waals surface area contributed by atoms with E-state index in [2.05, 4.69) is 37.2 Å². The van der Waals surface area contributed by atoms with Gasteiger partial charge in [-0.3, -0.25) is 4.79 Å². The van der Waals surface area contributed by atoms with Crippen LogP contribution < -0.4 is 11.1 Å². The molecule has 0 saturated heterocycles. The highest BCUT2D eigenvalue weighted by Gasteiger charge is 2.40. The molecule has 102 valence electrons. The van der Waals surface area contributed by atoms with E-state index in [-0.39, 0.29) is 17.2 Å². The minimum atomic E-state index is -1.11. The molecule has 0 atom stereocenters. The molecule has 4 N–H and O–H groups in total. The summed E-state index contributed by atoms with van der Waals surface area (Å²) < 4.78 is 1.11. The third-order valence-corrected chi connectivity index (χ3v) is 4.31. The van der Waals surface area contributed by atoms with Gasteiger partial charge < -0.3 is 16.2 Å². The molecule has 5 nitrogen and oxygen atoms in total. The summed E-state index contributed by atoms with van der Waals surface area (Å²) in [4.78, 5) is 23.3. The number of aromatic carboxylic acids is 1. The van der Waals surface area contributed by atoms with E-state index in [0.29, 0.717) is 21.8 Å². The highest BCUT2D eigenvalue weighted by atomic mass is 79.9. The van der Waals surface area contributed by atoms with Gasteiger partial charge in [0.15, 0.2) is 0 Å². The van der Waals surface area contributed by atoms with Crippen molar-refractivity contribution >= 4 is 49.4 Å². The van der Waals surface area contributed by atoms with Gasteiger partial charge in [0.2, 0.25) is 5.91 Å². The van der Waals surface area contributed by atoms with Crippen LogP contribution in [0.25, 0.3) is 0 Å². The minimum Gasteiger partial charge on any atom is -0.478 e. The van der Waals surface area contributed by atoms with Crippen molar-refractivity contribution in [3.63, 3.8) is 0 Å². The van der Waals surface area contributed by atoms with Gasteiger partial charge >= 0.3 is 5.97 Å². The van der Waals surface area contributed by atoms with Gasteiger partial charge in [0.05, 0.1) is 16.8 Å². The molecule has 0 aliphatic heterocycles. The van der Waals surface area contributed by atoms with Crippen LogP contribution in [0.15, 0.2) is 21.1 Å². The van der Waals surface area contributed by atoms with Crippen molar-refractivity contribution in [1.82, 2.24) is 0 Å². The first-order valence-electron chi connectivity index (χ1n) is 5.66. The Labute approximate surface area is 126 Å². The number of carbonyl (C=O) groups excluding carboxylic acids is 1. The lowest BCUT2D eigenvalue weighted by Gasteiger charge is -2.36. The van der Waals surface area contributed by atoms with E-state index in [0.717, 1.165) is 6.42 Å². The first-order valence-corrected chi connectivity index (χ1v) is 7.25. The average Bonchev–Trinajstić information content (AvgIpc) is 2.28. The average molecular weight is 392 g/mol. The molecule has 1 fully saturated rings. The number of nitrogens with one attached hydrogen (secondary N) is 1. The fraction of sp³-hybridized carbons (Fsp3) is 0.333. The predicted molar refractivity (Wildman–Crippen MR) is 78.2 cm³/mol. The molecule has 0 radical (unpaired) electrons. The van der Waals surface area contributed by atoms with Gasteiger partial charge in [0.1, 0.15) is 0 Å². The van der Waals surface area contributed by atoms with E-state index in [1.807, 2.05) is 0 Å². The first-order chi connectivity index (χ1) is 8.83. The van der Waals surface area contributed by atoms with Crippen LogP contribution >= 0.6 is 31.9 Å². The number of anilines is 1. The molecule has 0 unspecified atom stereocenters. The van der Waals surface area contributed by atoms with Crippen molar-refractivity contribution < 1.29 is 14.7 Å². The number of rotatable bonds is 3. The maximum Gasteiger partial charge on any atom is 0.337 e. The lowest BCUT2D eigenvalue weighted by Crippen LogP contribution is -2.56. The lowest BCUT2D eigenvalue weighted by atomic mass is 9.77. The van der Waals surface area contributed by atoms with Crippen LogP contribution in [0.2, 0.25) is 0 Å². The molecule has 1 aromatic carbocycles. The standard InChI is InChI=1S/C12H12Br2N2O3/c13-6-4-7(10(17)18)9(8(14)5-6)16-11(19)12(15)2-1-3-12/h4-5H,1-3,15H2,(H,16,19)(H,17,18). The summed E-state index contributed by atoms with van der Waals surface area (Å²) in [5.74, 6) is -1.46. The van der Waals surface area contributed by atoms with Gasteiger partial charge in [0, 0.05) is 8.95 Å². The number of halogens is 2. The normalized spacial score (nSPS) is 16.6. The molecule has 0 bridgehead atoms. The zero-order valence-corrected chi connectivity index (χ0v) is 13.0.